The lowest BCUT2D eigenvalue weighted by Crippen LogP contribution is -2.45. The lowest BCUT2D eigenvalue weighted by atomic mass is 10.2. The second-order valence-electron chi connectivity index (χ2n) is 4.95. The van der Waals surface area contributed by atoms with E-state index in [1.807, 2.05) is 23.5 Å². The van der Waals surface area contributed by atoms with Crippen molar-refractivity contribution < 1.29 is 0 Å². The Kier molecular flexibility index (Phi) is 4.66. The highest BCUT2D eigenvalue weighted by molar-refractivity contribution is 9.10. The second kappa shape index (κ2) is 6.48. The predicted molar refractivity (Wildman–Crippen MR) is 91.0 cm³/mol. The molecule has 1 aliphatic rings. The van der Waals surface area contributed by atoms with Crippen LogP contribution in [0.1, 0.15) is 4.88 Å². The Bertz CT molecular complexity index is 579. The van der Waals surface area contributed by atoms with Gasteiger partial charge in [0.25, 0.3) is 0 Å². The number of piperazine rings is 1. The normalized spacial score (nSPS) is 16.6. The van der Waals surface area contributed by atoms with Gasteiger partial charge in [0.05, 0.1) is 10.7 Å². The van der Waals surface area contributed by atoms with Gasteiger partial charge in [-0.05, 0) is 34.1 Å². The number of hydrogen-bond acceptors (Lipinski definition) is 3. The SMILES string of the molecule is Clc1ccccc1N1CCN(Cc2cc(Br)cs2)CC1. The minimum absolute atomic E-state index is 0.850. The van der Waals surface area contributed by atoms with Gasteiger partial charge in [0.15, 0.2) is 0 Å². The van der Waals surface area contributed by atoms with Gasteiger partial charge in [-0.2, -0.15) is 0 Å². The summed E-state index contributed by atoms with van der Waals surface area (Å²) in [5.41, 5.74) is 1.16. The molecule has 1 saturated heterocycles. The van der Waals surface area contributed by atoms with Crippen LogP contribution in [0.15, 0.2) is 40.2 Å². The van der Waals surface area contributed by atoms with Crippen molar-refractivity contribution in [1.82, 2.24) is 4.90 Å². The van der Waals surface area contributed by atoms with Crippen LogP contribution in [0, 0.1) is 0 Å². The highest BCUT2D eigenvalue weighted by atomic mass is 79.9. The van der Waals surface area contributed by atoms with Crippen molar-refractivity contribution in [1.29, 1.82) is 0 Å². The average Bonchev–Trinajstić information content (AvgIpc) is 2.86. The molecule has 0 atom stereocenters. The van der Waals surface area contributed by atoms with Crippen molar-refractivity contribution in [2.75, 3.05) is 31.1 Å². The third kappa shape index (κ3) is 3.37. The van der Waals surface area contributed by atoms with Gasteiger partial charge in [-0.3, -0.25) is 4.90 Å². The fourth-order valence-corrected chi connectivity index (χ4v) is 4.26. The third-order valence-corrected chi connectivity index (χ3v) is 5.57. The molecule has 0 radical (unpaired) electrons. The van der Waals surface area contributed by atoms with Gasteiger partial charge in [-0.25, -0.2) is 0 Å². The smallest absolute Gasteiger partial charge is 0.0639 e. The molecule has 0 unspecified atom stereocenters. The number of nitrogens with zero attached hydrogens (tertiary/aromatic N) is 2. The average molecular weight is 372 g/mol. The first-order valence-corrected chi connectivity index (χ1v) is 8.72. The molecule has 106 valence electrons. The molecule has 2 aromatic rings. The van der Waals surface area contributed by atoms with Gasteiger partial charge >= 0.3 is 0 Å². The number of anilines is 1. The summed E-state index contributed by atoms with van der Waals surface area (Å²) in [4.78, 5) is 6.30. The largest absolute Gasteiger partial charge is 0.368 e. The van der Waals surface area contributed by atoms with E-state index in [1.54, 1.807) is 0 Å². The molecule has 3 rings (SSSR count). The van der Waals surface area contributed by atoms with Crippen LogP contribution in [0.3, 0.4) is 0 Å². The zero-order valence-electron chi connectivity index (χ0n) is 11.1. The fourth-order valence-electron chi connectivity index (χ4n) is 2.51. The number of benzene rings is 1. The van der Waals surface area contributed by atoms with Crippen LogP contribution in [-0.4, -0.2) is 31.1 Å². The Morgan fingerprint density at radius 1 is 1.15 bits per heavy atom. The summed E-state index contributed by atoms with van der Waals surface area (Å²) in [7, 11) is 0. The van der Waals surface area contributed by atoms with Gasteiger partial charge in [-0.15, -0.1) is 11.3 Å². The van der Waals surface area contributed by atoms with E-state index in [0.717, 1.165) is 43.4 Å². The quantitative estimate of drug-likeness (QED) is 0.784. The summed E-state index contributed by atoms with van der Waals surface area (Å²) in [5.74, 6) is 0. The monoisotopic (exact) mass is 370 g/mol. The molecule has 1 aromatic heterocycles. The Labute approximate surface area is 137 Å². The molecular formula is C15H16BrClN2S. The zero-order chi connectivity index (χ0) is 13.9. The zero-order valence-corrected chi connectivity index (χ0v) is 14.2. The Balaban J connectivity index is 1.58. The number of para-hydroxylation sites is 1. The van der Waals surface area contributed by atoms with Crippen LogP contribution in [0.4, 0.5) is 5.69 Å². The van der Waals surface area contributed by atoms with Crippen molar-refractivity contribution in [3.05, 3.63) is 50.1 Å². The van der Waals surface area contributed by atoms with Crippen LogP contribution < -0.4 is 4.90 Å². The number of rotatable bonds is 3. The van der Waals surface area contributed by atoms with E-state index in [4.69, 9.17) is 11.6 Å². The van der Waals surface area contributed by atoms with E-state index in [2.05, 4.69) is 49.3 Å². The summed E-state index contributed by atoms with van der Waals surface area (Å²) in [5, 5.41) is 3.00. The first kappa shape index (κ1) is 14.4. The molecule has 1 aliphatic heterocycles. The fraction of sp³-hybridized carbons (Fsp3) is 0.333. The minimum Gasteiger partial charge on any atom is -0.368 e. The predicted octanol–water partition coefficient (Wildman–Crippen LogP) is 4.49. The summed E-state index contributed by atoms with van der Waals surface area (Å²) in [6, 6.07) is 10.3. The molecule has 0 aliphatic carbocycles. The van der Waals surface area contributed by atoms with Crippen molar-refractivity contribution in [2.24, 2.45) is 0 Å². The van der Waals surface area contributed by atoms with Crippen LogP contribution in [-0.2, 0) is 6.54 Å². The lowest BCUT2D eigenvalue weighted by molar-refractivity contribution is 0.252. The van der Waals surface area contributed by atoms with Crippen LogP contribution in [0.2, 0.25) is 5.02 Å². The number of thiophene rings is 1. The van der Waals surface area contributed by atoms with Crippen LogP contribution >= 0.6 is 38.9 Å². The molecule has 0 spiro atoms. The topological polar surface area (TPSA) is 6.48 Å². The summed E-state index contributed by atoms with van der Waals surface area (Å²) >= 11 is 11.6. The van der Waals surface area contributed by atoms with Crippen molar-refractivity contribution in [3.8, 4) is 0 Å². The standard InChI is InChI=1S/C15H16BrClN2S/c16-12-9-13(20-11-12)10-18-5-7-19(8-6-18)15-4-2-1-3-14(15)17/h1-4,9,11H,5-8,10H2. The van der Waals surface area contributed by atoms with E-state index in [-0.39, 0.29) is 0 Å². The Hall–Kier alpha value is -0.550. The first-order valence-electron chi connectivity index (χ1n) is 6.67. The Morgan fingerprint density at radius 2 is 1.90 bits per heavy atom. The van der Waals surface area contributed by atoms with Gasteiger partial charge in [0, 0.05) is 47.5 Å². The van der Waals surface area contributed by atoms with E-state index in [0.29, 0.717) is 0 Å². The lowest BCUT2D eigenvalue weighted by Gasteiger charge is -2.36. The molecule has 0 saturated carbocycles. The molecule has 2 nitrogen and oxygen atoms in total. The maximum absolute atomic E-state index is 6.27. The molecular weight excluding hydrogens is 356 g/mol. The van der Waals surface area contributed by atoms with Gasteiger partial charge in [0.1, 0.15) is 0 Å². The highest BCUT2D eigenvalue weighted by Crippen LogP contribution is 2.27. The maximum atomic E-state index is 6.27. The first-order chi connectivity index (χ1) is 9.72. The molecule has 0 amide bonds. The summed E-state index contributed by atoms with van der Waals surface area (Å²) in [6.07, 6.45) is 0. The van der Waals surface area contributed by atoms with Crippen molar-refractivity contribution in [2.45, 2.75) is 6.54 Å². The van der Waals surface area contributed by atoms with Gasteiger partial charge in [0.2, 0.25) is 0 Å². The molecule has 1 aromatic carbocycles. The number of hydrogen-bond donors (Lipinski definition) is 0. The van der Waals surface area contributed by atoms with Gasteiger partial charge < -0.3 is 4.90 Å². The van der Waals surface area contributed by atoms with E-state index >= 15 is 0 Å². The van der Waals surface area contributed by atoms with E-state index < -0.39 is 0 Å². The Morgan fingerprint density at radius 3 is 2.55 bits per heavy atom. The molecule has 0 bridgehead atoms. The molecule has 20 heavy (non-hydrogen) atoms. The maximum Gasteiger partial charge on any atom is 0.0639 e. The van der Waals surface area contributed by atoms with Crippen molar-refractivity contribution >= 4 is 44.6 Å². The van der Waals surface area contributed by atoms with Crippen LogP contribution in [0.25, 0.3) is 0 Å². The summed E-state index contributed by atoms with van der Waals surface area (Å²) < 4.78 is 1.19. The molecule has 1 fully saturated rings. The highest BCUT2D eigenvalue weighted by Gasteiger charge is 2.19. The number of halogens is 2. The summed E-state index contributed by atoms with van der Waals surface area (Å²) in [6.45, 7) is 5.29. The second-order valence-corrected chi connectivity index (χ2v) is 7.26. The van der Waals surface area contributed by atoms with E-state index in [9.17, 15) is 0 Å². The molecule has 2 heterocycles. The third-order valence-electron chi connectivity index (χ3n) is 3.57. The van der Waals surface area contributed by atoms with E-state index in [1.165, 1.54) is 9.35 Å². The van der Waals surface area contributed by atoms with Crippen LogP contribution in [0.5, 0.6) is 0 Å². The molecule has 5 heteroatoms. The van der Waals surface area contributed by atoms with Gasteiger partial charge in [-0.1, -0.05) is 23.7 Å². The minimum atomic E-state index is 0.850. The van der Waals surface area contributed by atoms with Crippen molar-refractivity contribution in [3.63, 3.8) is 0 Å². The molecule has 0 N–H and O–H groups in total.